The van der Waals surface area contributed by atoms with E-state index in [1.54, 1.807) is 18.9 Å². The van der Waals surface area contributed by atoms with Crippen LogP contribution < -0.4 is 0 Å². The Labute approximate surface area is 117 Å². The topological polar surface area (TPSA) is 39.9 Å². The normalized spacial score (nSPS) is 10.6. The highest BCUT2D eigenvalue weighted by molar-refractivity contribution is 7.98. The molecule has 5 heteroatoms. The predicted molar refractivity (Wildman–Crippen MR) is 76.9 cm³/mol. The van der Waals surface area contributed by atoms with E-state index in [0.29, 0.717) is 13.2 Å². The number of ether oxygens (including phenoxy) is 1. The third kappa shape index (κ3) is 3.68. The molecular weight excluding hydrogens is 258 g/mol. The predicted octanol–water partition coefficient (Wildman–Crippen LogP) is 2.90. The molecule has 0 aliphatic rings. The van der Waals surface area contributed by atoms with E-state index in [2.05, 4.69) is 28.9 Å². The molecule has 100 valence electrons. The third-order valence-corrected chi connectivity index (χ3v) is 3.63. The number of rotatable bonds is 7. The van der Waals surface area contributed by atoms with Crippen LogP contribution in [-0.4, -0.2) is 21.9 Å². The zero-order valence-corrected chi connectivity index (χ0v) is 11.8. The molecule has 1 aromatic carbocycles. The standard InChI is InChI=1S/C14H17N3OS/c1-3-9-17-13(10-18-2)15-16-14(17)19-11-12-7-5-4-6-8-12/h3-8H,1,9-11H2,2H3. The van der Waals surface area contributed by atoms with Crippen LogP contribution in [0.2, 0.25) is 0 Å². The van der Waals surface area contributed by atoms with Crippen molar-refractivity contribution in [2.75, 3.05) is 7.11 Å². The molecule has 2 rings (SSSR count). The molecule has 0 amide bonds. The number of allylic oxidation sites excluding steroid dienone is 1. The van der Waals surface area contributed by atoms with Gasteiger partial charge in [-0.3, -0.25) is 0 Å². The molecule has 1 aromatic heterocycles. The van der Waals surface area contributed by atoms with E-state index in [0.717, 1.165) is 16.7 Å². The van der Waals surface area contributed by atoms with E-state index in [-0.39, 0.29) is 0 Å². The Kier molecular flexibility index (Phi) is 5.18. The minimum Gasteiger partial charge on any atom is -0.377 e. The molecular formula is C14H17N3OS. The largest absolute Gasteiger partial charge is 0.377 e. The van der Waals surface area contributed by atoms with E-state index >= 15 is 0 Å². The van der Waals surface area contributed by atoms with Crippen LogP contribution in [-0.2, 0) is 23.6 Å². The summed E-state index contributed by atoms with van der Waals surface area (Å²) in [6.45, 7) is 4.93. The molecule has 0 atom stereocenters. The Morgan fingerprint density at radius 3 is 2.79 bits per heavy atom. The number of hydrogen-bond donors (Lipinski definition) is 0. The first kappa shape index (κ1) is 13.8. The van der Waals surface area contributed by atoms with Gasteiger partial charge in [-0.25, -0.2) is 0 Å². The van der Waals surface area contributed by atoms with Gasteiger partial charge in [0.1, 0.15) is 6.61 Å². The molecule has 1 heterocycles. The zero-order chi connectivity index (χ0) is 13.5. The highest BCUT2D eigenvalue weighted by atomic mass is 32.2. The van der Waals surface area contributed by atoms with Gasteiger partial charge in [0.15, 0.2) is 11.0 Å². The van der Waals surface area contributed by atoms with Gasteiger partial charge >= 0.3 is 0 Å². The summed E-state index contributed by atoms with van der Waals surface area (Å²) in [6.07, 6.45) is 1.84. The quantitative estimate of drug-likeness (QED) is 0.575. The summed E-state index contributed by atoms with van der Waals surface area (Å²) < 4.78 is 7.16. The van der Waals surface area contributed by atoms with Gasteiger partial charge in [-0.2, -0.15) is 0 Å². The van der Waals surface area contributed by atoms with Crippen molar-refractivity contribution in [3.63, 3.8) is 0 Å². The summed E-state index contributed by atoms with van der Waals surface area (Å²) in [7, 11) is 1.66. The van der Waals surface area contributed by atoms with E-state index in [1.165, 1.54) is 5.56 Å². The van der Waals surface area contributed by atoms with Crippen molar-refractivity contribution < 1.29 is 4.74 Å². The number of aromatic nitrogens is 3. The average Bonchev–Trinajstić information content (AvgIpc) is 2.81. The minimum atomic E-state index is 0.465. The van der Waals surface area contributed by atoms with Crippen LogP contribution in [0, 0.1) is 0 Å². The summed E-state index contributed by atoms with van der Waals surface area (Å²) >= 11 is 1.67. The summed E-state index contributed by atoms with van der Waals surface area (Å²) in [5, 5.41) is 9.27. The number of nitrogens with zero attached hydrogens (tertiary/aromatic N) is 3. The van der Waals surface area contributed by atoms with Gasteiger partial charge in [0.2, 0.25) is 0 Å². The monoisotopic (exact) mass is 275 g/mol. The molecule has 4 nitrogen and oxygen atoms in total. The van der Waals surface area contributed by atoms with E-state index in [9.17, 15) is 0 Å². The maximum atomic E-state index is 5.12. The Bertz CT molecular complexity index is 525. The summed E-state index contributed by atoms with van der Waals surface area (Å²) in [6, 6.07) is 10.3. The molecule has 0 aliphatic carbocycles. The van der Waals surface area contributed by atoms with Crippen LogP contribution >= 0.6 is 11.8 Å². The lowest BCUT2D eigenvalue weighted by Gasteiger charge is -2.06. The molecule has 0 aliphatic heterocycles. The van der Waals surface area contributed by atoms with Gasteiger partial charge in [-0.15, -0.1) is 16.8 Å². The lowest BCUT2D eigenvalue weighted by atomic mass is 10.2. The first-order valence-electron chi connectivity index (χ1n) is 6.03. The van der Waals surface area contributed by atoms with Gasteiger partial charge in [-0.1, -0.05) is 48.2 Å². The molecule has 0 saturated heterocycles. The van der Waals surface area contributed by atoms with Crippen molar-refractivity contribution in [1.29, 1.82) is 0 Å². The smallest absolute Gasteiger partial charge is 0.191 e. The van der Waals surface area contributed by atoms with Crippen molar-refractivity contribution in [3.8, 4) is 0 Å². The fourth-order valence-corrected chi connectivity index (χ4v) is 2.62. The van der Waals surface area contributed by atoms with Gasteiger partial charge in [-0.05, 0) is 5.56 Å². The zero-order valence-electron chi connectivity index (χ0n) is 11.0. The van der Waals surface area contributed by atoms with Gasteiger partial charge < -0.3 is 9.30 Å². The Morgan fingerprint density at radius 1 is 1.32 bits per heavy atom. The number of thioether (sulfide) groups is 1. The highest BCUT2D eigenvalue weighted by Crippen LogP contribution is 2.22. The summed E-state index contributed by atoms with van der Waals surface area (Å²) in [5.74, 6) is 1.71. The maximum Gasteiger partial charge on any atom is 0.191 e. The first-order valence-corrected chi connectivity index (χ1v) is 7.02. The Hall–Kier alpha value is -1.59. The molecule has 0 radical (unpaired) electrons. The Balaban J connectivity index is 2.09. The van der Waals surface area contributed by atoms with E-state index in [4.69, 9.17) is 4.74 Å². The van der Waals surface area contributed by atoms with Gasteiger partial charge in [0, 0.05) is 19.4 Å². The first-order chi connectivity index (χ1) is 9.35. The maximum absolute atomic E-state index is 5.12. The van der Waals surface area contributed by atoms with Gasteiger partial charge in [0.05, 0.1) is 0 Å². The fraction of sp³-hybridized carbons (Fsp3) is 0.286. The Morgan fingerprint density at radius 2 is 2.11 bits per heavy atom. The molecule has 0 unspecified atom stereocenters. The molecule has 0 spiro atoms. The van der Waals surface area contributed by atoms with E-state index in [1.807, 2.05) is 28.8 Å². The number of benzene rings is 1. The van der Waals surface area contributed by atoms with Crippen molar-refractivity contribution in [2.24, 2.45) is 0 Å². The van der Waals surface area contributed by atoms with Crippen LogP contribution in [0.5, 0.6) is 0 Å². The van der Waals surface area contributed by atoms with Crippen molar-refractivity contribution in [1.82, 2.24) is 14.8 Å². The minimum absolute atomic E-state index is 0.465. The van der Waals surface area contributed by atoms with Crippen LogP contribution in [0.3, 0.4) is 0 Å². The second-order valence-corrected chi connectivity index (χ2v) is 4.95. The molecule has 0 N–H and O–H groups in total. The lowest BCUT2D eigenvalue weighted by molar-refractivity contribution is 0.174. The fourth-order valence-electron chi connectivity index (χ4n) is 1.70. The third-order valence-electron chi connectivity index (χ3n) is 2.59. The average molecular weight is 275 g/mol. The molecule has 0 bridgehead atoms. The molecule has 0 fully saturated rings. The van der Waals surface area contributed by atoms with E-state index < -0.39 is 0 Å². The number of hydrogen-bond acceptors (Lipinski definition) is 4. The highest BCUT2D eigenvalue weighted by Gasteiger charge is 2.11. The van der Waals surface area contributed by atoms with Crippen molar-refractivity contribution in [2.45, 2.75) is 24.1 Å². The SMILES string of the molecule is C=CCn1c(COC)nnc1SCc1ccccc1. The summed E-state index contributed by atoms with van der Waals surface area (Å²) in [4.78, 5) is 0. The lowest BCUT2D eigenvalue weighted by Crippen LogP contribution is -2.04. The molecule has 19 heavy (non-hydrogen) atoms. The molecule has 2 aromatic rings. The van der Waals surface area contributed by atoms with Crippen LogP contribution in [0.25, 0.3) is 0 Å². The van der Waals surface area contributed by atoms with Crippen LogP contribution in [0.4, 0.5) is 0 Å². The van der Waals surface area contributed by atoms with Crippen molar-refractivity contribution >= 4 is 11.8 Å². The summed E-state index contributed by atoms with van der Waals surface area (Å²) in [5.41, 5.74) is 1.27. The van der Waals surface area contributed by atoms with Crippen molar-refractivity contribution in [3.05, 3.63) is 54.4 Å². The second-order valence-electron chi connectivity index (χ2n) is 4.01. The van der Waals surface area contributed by atoms with Gasteiger partial charge in [0.25, 0.3) is 0 Å². The second kappa shape index (κ2) is 7.11. The molecule has 0 saturated carbocycles. The van der Waals surface area contributed by atoms with Crippen LogP contribution in [0.15, 0.2) is 48.1 Å². The van der Waals surface area contributed by atoms with Crippen LogP contribution in [0.1, 0.15) is 11.4 Å². The number of methoxy groups -OCH3 is 1.